The van der Waals surface area contributed by atoms with Gasteiger partial charge in [0, 0.05) is 11.6 Å². The number of aliphatic hydroxyl groups excluding tert-OH is 1. The van der Waals surface area contributed by atoms with Crippen LogP contribution in [0.15, 0.2) is 24.3 Å². The van der Waals surface area contributed by atoms with Crippen molar-refractivity contribution in [2.75, 3.05) is 19.8 Å². The van der Waals surface area contributed by atoms with Crippen LogP contribution in [0.25, 0.3) is 0 Å². The van der Waals surface area contributed by atoms with Crippen molar-refractivity contribution >= 4 is 0 Å². The predicted molar refractivity (Wildman–Crippen MR) is 77.3 cm³/mol. The van der Waals surface area contributed by atoms with Crippen LogP contribution >= 0.6 is 0 Å². The lowest BCUT2D eigenvalue weighted by molar-refractivity contribution is 0.111. The summed E-state index contributed by atoms with van der Waals surface area (Å²) in [5.74, 6) is 0.711. The molecule has 1 aromatic carbocycles. The molecule has 2 unspecified atom stereocenters. The van der Waals surface area contributed by atoms with Crippen molar-refractivity contribution in [1.29, 1.82) is 0 Å². The molecule has 3 nitrogen and oxygen atoms in total. The van der Waals surface area contributed by atoms with Gasteiger partial charge in [-0.1, -0.05) is 19.4 Å². The third-order valence-corrected chi connectivity index (χ3v) is 4.30. The van der Waals surface area contributed by atoms with Gasteiger partial charge in [0.1, 0.15) is 11.6 Å². The van der Waals surface area contributed by atoms with Gasteiger partial charge in [-0.15, -0.1) is 0 Å². The number of rotatable bonds is 7. The third-order valence-electron chi connectivity index (χ3n) is 4.30. The average molecular weight is 281 g/mol. The van der Waals surface area contributed by atoms with Gasteiger partial charge in [0.25, 0.3) is 0 Å². The van der Waals surface area contributed by atoms with E-state index in [-0.39, 0.29) is 18.0 Å². The number of benzene rings is 1. The molecule has 0 radical (unpaired) electrons. The Labute approximate surface area is 120 Å². The van der Waals surface area contributed by atoms with Crippen LogP contribution in [0.1, 0.15) is 32.6 Å². The summed E-state index contributed by atoms with van der Waals surface area (Å²) in [5.41, 5.74) is -0.153. The first kappa shape index (κ1) is 15.3. The van der Waals surface area contributed by atoms with E-state index in [1.165, 1.54) is 12.1 Å². The second kappa shape index (κ2) is 7.04. The second-order valence-electron chi connectivity index (χ2n) is 5.53. The van der Waals surface area contributed by atoms with Gasteiger partial charge in [0.15, 0.2) is 0 Å². The third kappa shape index (κ3) is 3.49. The van der Waals surface area contributed by atoms with Gasteiger partial charge >= 0.3 is 0 Å². The van der Waals surface area contributed by atoms with E-state index in [0.29, 0.717) is 18.3 Å². The summed E-state index contributed by atoms with van der Waals surface area (Å²) in [6.07, 6.45) is 4.14. The van der Waals surface area contributed by atoms with Crippen LogP contribution in [0.2, 0.25) is 0 Å². The Hall–Kier alpha value is -1.13. The first-order valence-corrected chi connectivity index (χ1v) is 7.44. The van der Waals surface area contributed by atoms with Crippen LogP contribution in [-0.2, 0) is 0 Å². The number of likely N-dealkylation sites (N-methyl/N-ethyl adjacent to an activating group) is 1. The summed E-state index contributed by atoms with van der Waals surface area (Å²) in [6, 6.07) is 6.22. The van der Waals surface area contributed by atoms with Crippen LogP contribution in [0.4, 0.5) is 4.39 Å². The van der Waals surface area contributed by atoms with Crippen molar-refractivity contribution in [1.82, 2.24) is 5.32 Å². The van der Waals surface area contributed by atoms with Crippen molar-refractivity contribution in [2.24, 2.45) is 5.92 Å². The molecule has 0 bridgehead atoms. The monoisotopic (exact) mass is 281 g/mol. The van der Waals surface area contributed by atoms with E-state index in [9.17, 15) is 9.50 Å². The molecule has 2 atom stereocenters. The van der Waals surface area contributed by atoms with Gasteiger partial charge in [0.05, 0.1) is 13.2 Å². The van der Waals surface area contributed by atoms with E-state index in [1.807, 2.05) is 0 Å². The first-order chi connectivity index (χ1) is 9.70. The number of halogens is 1. The Balaban J connectivity index is 1.86. The highest BCUT2D eigenvalue weighted by atomic mass is 19.1. The van der Waals surface area contributed by atoms with E-state index in [4.69, 9.17) is 4.74 Å². The predicted octanol–water partition coefficient (Wildman–Crippen LogP) is 2.74. The minimum absolute atomic E-state index is 0.153. The smallest absolute Gasteiger partial charge is 0.126 e. The van der Waals surface area contributed by atoms with E-state index < -0.39 is 0 Å². The molecule has 2 rings (SSSR count). The molecule has 1 aliphatic rings. The molecule has 0 aliphatic heterocycles. The topological polar surface area (TPSA) is 41.5 Å². The molecule has 1 saturated carbocycles. The van der Waals surface area contributed by atoms with Gasteiger partial charge in [-0.3, -0.25) is 0 Å². The number of hydrogen-bond donors (Lipinski definition) is 2. The molecule has 1 aliphatic carbocycles. The van der Waals surface area contributed by atoms with Crippen LogP contribution in [0.5, 0.6) is 5.75 Å². The molecular weight excluding hydrogens is 257 g/mol. The van der Waals surface area contributed by atoms with Crippen LogP contribution in [0.3, 0.4) is 0 Å². The lowest BCUT2D eigenvalue weighted by atomic mass is 9.85. The molecule has 0 heterocycles. The highest BCUT2D eigenvalue weighted by Gasteiger charge is 2.41. The molecule has 2 N–H and O–H groups in total. The fraction of sp³-hybridized carbons (Fsp3) is 0.625. The molecule has 1 fully saturated rings. The highest BCUT2D eigenvalue weighted by Crippen LogP contribution is 2.37. The van der Waals surface area contributed by atoms with Crippen molar-refractivity contribution < 1.29 is 14.2 Å². The lowest BCUT2D eigenvalue weighted by Crippen LogP contribution is -2.51. The summed E-state index contributed by atoms with van der Waals surface area (Å²) in [4.78, 5) is 0. The summed E-state index contributed by atoms with van der Waals surface area (Å²) >= 11 is 0. The van der Waals surface area contributed by atoms with E-state index in [0.717, 1.165) is 32.2 Å². The summed E-state index contributed by atoms with van der Waals surface area (Å²) in [7, 11) is 0. The van der Waals surface area contributed by atoms with Crippen molar-refractivity contribution in [2.45, 2.75) is 38.1 Å². The SMILES string of the molecule is CCNC1(CO)CCCC1CCOc1cccc(F)c1. The zero-order valence-electron chi connectivity index (χ0n) is 12.1. The number of ether oxygens (including phenoxy) is 1. The Kier molecular flexibility index (Phi) is 5.38. The molecule has 4 heteroatoms. The molecule has 0 spiro atoms. The lowest BCUT2D eigenvalue weighted by Gasteiger charge is -2.34. The maximum absolute atomic E-state index is 13.1. The molecule has 0 aromatic heterocycles. The van der Waals surface area contributed by atoms with E-state index in [1.54, 1.807) is 12.1 Å². The number of aliphatic hydroxyl groups is 1. The van der Waals surface area contributed by atoms with Crippen molar-refractivity contribution in [3.8, 4) is 5.75 Å². The Morgan fingerprint density at radius 2 is 2.35 bits per heavy atom. The summed E-state index contributed by atoms with van der Waals surface area (Å²) in [6.45, 7) is 3.66. The minimum Gasteiger partial charge on any atom is -0.493 e. The fourth-order valence-electron chi connectivity index (χ4n) is 3.29. The maximum Gasteiger partial charge on any atom is 0.126 e. The Morgan fingerprint density at radius 3 is 3.05 bits per heavy atom. The maximum atomic E-state index is 13.1. The zero-order chi connectivity index (χ0) is 14.4. The van der Waals surface area contributed by atoms with E-state index in [2.05, 4.69) is 12.2 Å². The van der Waals surface area contributed by atoms with E-state index >= 15 is 0 Å². The largest absolute Gasteiger partial charge is 0.493 e. The average Bonchev–Trinajstić information content (AvgIpc) is 2.83. The highest BCUT2D eigenvalue weighted by molar-refractivity contribution is 5.22. The normalized spacial score (nSPS) is 25.9. The summed E-state index contributed by atoms with van der Waals surface area (Å²) < 4.78 is 18.7. The fourth-order valence-corrected chi connectivity index (χ4v) is 3.29. The van der Waals surface area contributed by atoms with Crippen LogP contribution in [0, 0.1) is 11.7 Å². The summed E-state index contributed by atoms with van der Waals surface area (Å²) in [5, 5.41) is 13.2. The molecule has 0 amide bonds. The minimum atomic E-state index is -0.277. The first-order valence-electron chi connectivity index (χ1n) is 7.44. The van der Waals surface area contributed by atoms with Crippen molar-refractivity contribution in [3.63, 3.8) is 0 Å². The number of hydrogen-bond acceptors (Lipinski definition) is 3. The van der Waals surface area contributed by atoms with Crippen molar-refractivity contribution in [3.05, 3.63) is 30.1 Å². The molecular formula is C16H24FNO2. The molecule has 20 heavy (non-hydrogen) atoms. The van der Waals surface area contributed by atoms with Gasteiger partial charge in [-0.05, 0) is 43.9 Å². The quantitative estimate of drug-likeness (QED) is 0.807. The second-order valence-corrected chi connectivity index (χ2v) is 5.53. The molecule has 112 valence electrons. The standard InChI is InChI=1S/C16H24FNO2/c1-2-18-16(12-19)9-4-5-13(16)8-10-20-15-7-3-6-14(17)11-15/h3,6-7,11,13,18-19H,2,4-5,8-10,12H2,1H3. The molecule has 1 aromatic rings. The number of nitrogens with one attached hydrogen (secondary N) is 1. The zero-order valence-corrected chi connectivity index (χ0v) is 12.1. The van der Waals surface area contributed by atoms with Gasteiger partial charge in [-0.2, -0.15) is 0 Å². The van der Waals surface area contributed by atoms with Gasteiger partial charge in [-0.25, -0.2) is 4.39 Å². The Bertz CT molecular complexity index is 427. The van der Waals surface area contributed by atoms with Crippen LogP contribution < -0.4 is 10.1 Å². The Morgan fingerprint density at radius 1 is 1.50 bits per heavy atom. The van der Waals surface area contributed by atoms with Gasteiger partial charge < -0.3 is 15.2 Å². The van der Waals surface area contributed by atoms with Crippen LogP contribution in [-0.4, -0.2) is 30.4 Å². The molecule has 0 saturated heterocycles. The van der Waals surface area contributed by atoms with Gasteiger partial charge in [0.2, 0.25) is 0 Å².